The van der Waals surface area contributed by atoms with Gasteiger partial charge < -0.3 is 11.2 Å². The Hall–Kier alpha value is -2.96. The van der Waals surface area contributed by atoms with Gasteiger partial charge in [0.2, 0.25) is 21.1 Å². The number of aromatic nitrogens is 4. The molecule has 4 rings (SSSR count). The molecule has 3 heterocycles. The number of pyridine rings is 1. The van der Waals surface area contributed by atoms with Gasteiger partial charge in [-0.3, -0.25) is 9.78 Å². The molecule has 1 saturated heterocycles. The van der Waals surface area contributed by atoms with Gasteiger partial charge in [-0.15, -0.1) is 10.2 Å². The number of benzene rings is 1. The number of anilines is 1. The van der Waals surface area contributed by atoms with Crippen LogP contribution in [-0.4, -0.2) is 57.3 Å². The second kappa shape index (κ2) is 9.67. The van der Waals surface area contributed by atoms with Gasteiger partial charge in [-0.25, -0.2) is 13.1 Å². The second-order valence-corrected chi connectivity index (χ2v) is 10.1. The summed E-state index contributed by atoms with van der Waals surface area (Å²) in [5, 5.41) is 11.2. The molecule has 2 aromatic heterocycles. The Morgan fingerprint density at radius 3 is 2.69 bits per heavy atom. The lowest BCUT2D eigenvalue weighted by atomic mass is 10.2. The minimum absolute atomic E-state index is 0.0332. The fourth-order valence-electron chi connectivity index (χ4n) is 3.38. The molecule has 0 aliphatic carbocycles. The van der Waals surface area contributed by atoms with Gasteiger partial charge in [0, 0.05) is 36.7 Å². The molecule has 10 nitrogen and oxygen atoms in total. The van der Waals surface area contributed by atoms with E-state index in [4.69, 9.17) is 5.84 Å². The van der Waals surface area contributed by atoms with Gasteiger partial charge in [-0.2, -0.15) is 4.31 Å². The summed E-state index contributed by atoms with van der Waals surface area (Å²) in [6.07, 6.45) is 6.04. The van der Waals surface area contributed by atoms with Crippen LogP contribution in [0.1, 0.15) is 19.3 Å². The predicted molar refractivity (Wildman–Crippen MR) is 122 cm³/mol. The molecular weight excluding hydrogens is 450 g/mol. The van der Waals surface area contributed by atoms with Gasteiger partial charge in [-0.1, -0.05) is 24.2 Å². The average Bonchev–Trinajstić information content (AvgIpc) is 3.19. The van der Waals surface area contributed by atoms with E-state index < -0.39 is 10.0 Å². The van der Waals surface area contributed by atoms with E-state index in [1.807, 2.05) is 6.07 Å². The molecule has 3 N–H and O–H groups in total. The Balaban J connectivity index is 1.39. The average molecular weight is 474 g/mol. The van der Waals surface area contributed by atoms with Crippen molar-refractivity contribution in [2.75, 3.05) is 30.0 Å². The number of thioether (sulfide) groups is 1. The Bertz CT molecular complexity index is 1190. The first-order valence-electron chi connectivity index (χ1n) is 10.1. The maximum atomic E-state index is 12.9. The Morgan fingerprint density at radius 2 is 1.94 bits per heavy atom. The first-order chi connectivity index (χ1) is 15.4. The number of amides is 1. The van der Waals surface area contributed by atoms with Gasteiger partial charge >= 0.3 is 0 Å². The summed E-state index contributed by atoms with van der Waals surface area (Å²) in [6, 6.07) is 9.89. The second-order valence-electron chi connectivity index (χ2n) is 7.25. The lowest BCUT2D eigenvalue weighted by Gasteiger charge is -2.26. The van der Waals surface area contributed by atoms with Crippen LogP contribution in [0.3, 0.4) is 0 Å². The molecule has 1 fully saturated rings. The van der Waals surface area contributed by atoms with Gasteiger partial charge in [0.1, 0.15) is 0 Å². The smallest absolute Gasteiger partial charge is 0.243 e. The van der Waals surface area contributed by atoms with Crippen molar-refractivity contribution in [1.29, 1.82) is 0 Å². The number of hydrogen-bond acceptors (Lipinski definition) is 8. The van der Waals surface area contributed by atoms with Crippen LogP contribution >= 0.6 is 11.8 Å². The van der Waals surface area contributed by atoms with Crippen molar-refractivity contribution in [1.82, 2.24) is 24.2 Å². The number of piperidine rings is 1. The Kier molecular flexibility index (Phi) is 6.72. The fourth-order valence-corrected chi connectivity index (χ4v) is 5.60. The number of nitrogen functional groups attached to an aromatic ring is 1. The van der Waals surface area contributed by atoms with E-state index in [1.54, 1.807) is 36.7 Å². The number of hydrogen-bond donors (Lipinski definition) is 2. The topological polar surface area (TPSA) is 136 Å². The quantitative estimate of drug-likeness (QED) is 0.393. The molecule has 32 heavy (non-hydrogen) atoms. The van der Waals surface area contributed by atoms with Crippen LogP contribution in [0.25, 0.3) is 11.4 Å². The zero-order chi connectivity index (χ0) is 22.6. The van der Waals surface area contributed by atoms with E-state index in [1.165, 1.54) is 15.0 Å². The van der Waals surface area contributed by atoms with Crippen molar-refractivity contribution in [3.05, 3.63) is 48.8 Å². The fraction of sp³-hybridized carbons (Fsp3) is 0.300. The van der Waals surface area contributed by atoms with Gasteiger partial charge in [0.15, 0.2) is 5.82 Å². The van der Waals surface area contributed by atoms with Crippen LogP contribution in [-0.2, 0) is 14.8 Å². The van der Waals surface area contributed by atoms with E-state index in [0.717, 1.165) is 31.0 Å². The van der Waals surface area contributed by atoms with Crippen LogP contribution in [0.2, 0.25) is 0 Å². The van der Waals surface area contributed by atoms with Crippen LogP contribution < -0.4 is 11.2 Å². The molecule has 1 amide bonds. The lowest BCUT2D eigenvalue weighted by molar-refractivity contribution is -0.113. The van der Waals surface area contributed by atoms with E-state index in [-0.39, 0.29) is 16.6 Å². The third-order valence-electron chi connectivity index (χ3n) is 4.99. The summed E-state index contributed by atoms with van der Waals surface area (Å²) in [5.74, 6) is 6.22. The SMILES string of the molecule is Nn1c(SCC(=O)Nc2cccc(S(=O)(=O)N3CCCCC3)c2)nnc1-c1cccnc1. The normalized spacial score (nSPS) is 14.9. The molecular formula is C20H23N7O3S2. The van der Waals surface area contributed by atoms with Crippen molar-refractivity contribution in [3.63, 3.8) is 0 Å². The van der Waals surface area contributed by atoms with Gasteiger partial charge in [0.05, 0.1) is 10.6 Å². The highest BCUT2D eigenvalue weighted by molar-refractivity contribution is 7.99. The first kappa shape index (κ1) is 22.2. The highest BCUT2D eigenvalue weighted by Gasteiger charge is 2.26. The predicted octanol–water partition coefficient (Wildman–Crippen LogP) is 1.96. The zero-order valence-corrected chi connectivity index (χ0v) is 18.8. The number of nitrogens with two attached hydrogens (primary N) is 1. The molecule has 0 spiro atoms. The molecule has 1 aromatic carbocycles. The van der Waals surface area contributed by atoms with Crippen molar-refractivity contribution in [2.24, 2.45) is 0 Å². The Morgan fingerprint density at radius 1 is 1.12 bits per heavy atom. The molecule has 12 heteroatoms. The van der Waals surface area contributed by atoms with Crippen LogP contribution in [0.15, 0.2) is 58.8 Å². The molecule has 0 unspecified atom stereocenters. The van der Waals surface area contributed by atoms with Gasteiger partial charge in [-0.05, 0) is 43.2 Å². The molecule has 0 radical (unpaired) electrons. The third-order valence-corrected chi connectivity index (χ3v) is 7.82. The third kappa shape index (κ3) is 4.92. The summed E-state index contributed by atoms with van der Waals surface area (Å²) in [5.41, 5.74) is 1.13. The Labute approximate surface area is 190 Å². The molecule has 0 bridgehead atoms. The molecule has 0 atom stereocenters. The minimum Gasteiger partial charge on any atom is -0.335 e. The summed E-state index contributed by atoms with van der Waals surface area (Å²) in [4.78, 5) is 16.6. The van der Waals surface area contributed by atoms with E-state index in [2.05, 4.69) is 20.5 Å². The summed E-state index contributed by atoms with van der Waals surface area (Å²) < 4.78 is 28.5. The highest BCUT2D eigenvalue weighted by atomic mass is 32.2. The molecule has 1 aliphatic rings. The number of sulfonamides is 1. The maximum absolute atomic E-state index is 12.9. The van der Waals surface area contributed by atoms with E-state index in [9.17, 15) is 13.2 Å². The highest BCUT2D eigenvalue weighted by Crippen LogP contribution is 2.24. The van der Waals surface area contributed by atoms with Gasteiger partial charge in [0.25, 0.3) is 0 Å². The number of nitrogens with zero attached hydrogens (tertiary/aromatic N) is 5. The maximum Gasteiger partial charge on any atom is 0.243 e. The minimum atomic E-state index is -3.57. The molecule has 1 aliphatic heterocycles. The van der Waals surface area contributed by atoms with Crippen LogP contribution in [0.4, 0.5) is 5.69 Å². The van der Waals surface area contributed by atoms with Crippen molar-refractivity contribution in [2.45, 2.75) is 29.3 Å². The van der Waals surface area contributed by atoms with E-state index in [0.29, 0.717) is 35.3 Å². The number of carbonyl (C=O) groups excluding carboxylic acids is 1. The standard InChI is InChI=1S/C20H23N7O3S2/c21-27-19(15-6-5-9-22-13-15)24-25-20(27)31-14-18(28)23-16-7-4-8-17(12-16)32(29,30)26-10-2-1-3-11-26/h4-9,12-13H,1-3,10-11,14,21H2,(H,23,28). The lowest BCUT2D eigenvalue weighted by Crippen LogP contribution is -2.35. The number of carbonyl (C=O) groups is 1. The molecule has 0 saturated carbocycles. The van der Waals surface area contributed by atoms with Crippen molar-refractivity contribution < 1.29 is 13.2 Å². The number of nitrogens with one attached hydrogen (secondary N) is 1. The van der Waals surface area contributed by atoms with Crippen LogP contribution in [0.5, 0.6) is 0 Å². The zero-order valence-electron chi connectivity index (χ0n) is 17.2. The van der Waals surface area contributed by atoms with Crippen LogP contribution in [0, 0.1) is 0 Å². The summed E-state index contributed by atoms with van der Waals surface area (Å²) in [7, 11) is -3.57. The monoisotopic (exact) mass is 473 g/mol. The largest absolute Gasteiger partial charge is 0.335 e. The van der Waals surface area contributed by atoms with E-state index >= 15 is 0 Å². The summed E-state index contributed by atoms with van der Waals surface area (Å²) in [6.45, 7) is 1.05. The van der Waals surface area contributed by atoms with Crippen molar-refractivity contribution in [3.8, 4) is 11.4 Å². The van der Waals surface area contributed by atoms with Crippen molar-refractivity contribution >= 4 is 33.4 Å². The summed E-state index contributed by atoms with van der Waals surface area (Å²) >= 11 is 1.13. The molecule has 3 aromatic rings. The number of rotatable bonds is 7. The first-order valence-corrected chi connectivity index (χ1v) is 12.5. The molecule has 168 valence electrons.